The van der Waals surface area contributed by atoms with Crippen molar-refractivity contribution in [1.82, 2.24) is 0 Å². The van der Waals surface area contributed by atoms with Crippen LogP contribution in [0.5, 0.6) is 0 Å². The number of halogens is 1. The molecule has 0 bridgehead atoms. The first-order chi connectivity index (χ1) is 14.8. The second-order valence-corrected chi connectivity index (χ2v) is 7.64. The summed E-state index contributed by atoms with van der Waals surface area (Å²) in [6, 6.07) is 8.69. The van der Waals surface area contributed by atoms with Gasteiger partial charge >= 0.3 is 0 Å². The number of amides is 3. The average molecular weight is 423 g/mol. The van der Waals surface area contributed by atoms with Crippen molar-refractivity contribution in [1.29, 1.82) is 0 Å². The topological polar surface area (TPSA) is 110 Å². The first-order valence-corrected chi connectivity index (χ1v) is 9.65. The fourth-order valence-electron chi connectivity index (χ4n) is 4.00. The number of nitrogens with zero attached hydrogens (tertiary/aromatic N) is 2. The Balaban J connectivity index is 1.59. The lowest BCUT2D eigenvalue weighted by Gasteiger charge is -2.18. The lowest BCUT2D eigenvalue weighted by Crippen LogP contribution is -2.31. The van der Waals surface area contributed by atoms with E-state index in [9.17, 15) is 28.9 Å². The number of carbonyl (C=O) groups is 3. The van der Waals surface area contributed by atoms with E-state index in [4.69, 9.17) is 0 Å². The van der Waals surface area contributed by atoms with Gasteiger partial charge in [-0.1, -0.05) is 17.7 Å². The molecule has 4 rings (SSSR count). The molecular weight excluding hydrogens is 405 g/mol. The monoisotopic (exact) mass is 423 g/mol. The van der Waals surface area contributed by atoms with E-state index in [1.807, 2.05) is 13.0 Å². The van der Waals surface area contributed by atoms with E-state index in [-0.39, 0.29) is 34.4 Å². The third-order valence-electron chi connectivity index (χ3n) is 5.60. The maximum Gasteiger partial charge on any atom is 0.271 e. The maximum absolute atomic E-state index is 14.0. The number of anilines is 2. The highest BCUT2D eigenvalue weighted by atomic mass is 19.1. The van der Waals surface area contributed by atoms with Gasteiger partial charge in [-0.2, -0.15) is 0 Å². The minimum absolute atomic E-state index is 0.0770. The van der Waals surface area contributed by atoms with Crippen LogP contribution in [0, 0.1) is 27.8 Å². The van der Waals surface area contributed by atoms with E-state index >= 15 is 0 Å². The largest absolute Gasteiger partial charge is 0.319 e. The summed E-state index contributed by atoms with van der Waals surface area (Å²) in [4.78, 5) is 49.6. The molecule has 1 fully saturated rings. The van der Waals surface area contributed by atoms with Crippen molar-refractivity contribution >= 4 is 34.8 Å². The lowest BCUT2D eigenvalue weighted by molar-refractivity contribution is -0.384. The predicted octanol–water partition coefficient (Wildman–Crippen LogP) is 3.83. The third kappa shape index (κ3) is 3.70. The van der Waals surface area contributed by atoms with Gasteiger partial charge < -0.3 is 5.32 Å². The van der Waals surface area contributed by atoms with Gasteiger partial charge in [-0.25, -0.2) is 4.39 Å². The van der Waals surface area contributed by atoms with Crippen molar-refractivity contribution < 1.29 is 23.7 Å². The van der Waals surface area contributed by atoms with E-state index in [1.165, 1.54) is 18.2 Å². The van der Waals surface area contributed by atoms with Crippen molar-refractivity contribution in [2.24, 2.45) is 11.8 Å². The molecular formula is C22H18FN3O5. The number of nitro groups is 1. The van der Waals surface area contributed by atoms with Gasteiger partial charge in [0, 0.05) is 17.7 Å². The zero-order valence-electron chi connectivity index (χ0n) is 16.5. The maximum atomic E-state index is 14.0. The van der Waals surface area contributed by atoms with Gasteiger partial charge in [0.1, 0.15) is 5.82 Å². The van der Waals surface area contributed by atoms with Crippen LogP contribution < -0.4 is 10.2 Å². The summed E-state index contributed by atoms with van der Waals surface area (Å²) in [7, 11) is 0. The number of nitro benzene ring substituents is 1. The van der Waals surface area contributed by atoms with Crippen LogP contribution in [0.25, 0.3) is 0 Å². The highest BCUT2D eigenvalue weighted by Gasteiger charge is 2.48. The number of hydrogen-bond acceptors (Lipinski definition) is 5. The first-order valence-electron chi connectivity index (χ1n) is 9.65. The summed E-state index contributed by atoms with van der Waals surface area (Å²) in [6.45, 7) is 1.93. The first kappa shape index (κ1) is 20.4. The lowest BCUT2D eigenvalue weighted by atomic mass is 9.82. The molecule has 0 spiro atoms. The highest BCUT2D eigenvalue weighted by molar-refractivity contribution is 6.22. The molecule has 2 aromatic carbocycles. The zero-order valence-corrected chi connectivity index (χ0v) is 16.5. The van der Waals surface area contributed by atoms with Gasteiger partial charge in [0.25, 0.3) is 11.6 Å². The van der Waals surface area contributed by atoms with E-state index in [0.29, 0.717) is 12.8 Å². The number of imide groups is 1. The predicted molar refractivity (Wildman–Crippen MR) is 110 cm³/mol. The molecule has 3 amide bonds. The second-order valence-electron chi connectivity index (χ2n) is 7.64. The molecule has 31 heavy (non-hydrogen) atoms. The molecule has 2 atom stereocenters. The Hall–Kier alpha value is -3.88. The van der Waals surface area contributed by atoms with E-state index in [0.717, 1.165) is 28.7 Å². The normalized spacial score (nSPS) is 20.3. The van der Waals surface area contributed by atoms with Crippen LogP contribution in [0.3, 0.4) is 0 Å². The number of allylic oxidation sites excluding steroid dienone is 2. The van der Waals surface area contributed by atoms with Crippen molar-refractivity contribution in [3.05, 3.63) is 75.6 Å². The molecule has 1 aliphatic carbocycles. The number of fused-ring (bicyclic) bond motifs is 1. The number of nitrogens with one attached hydrogen (secondary N) is 1. The standard InChI is InChI=1S/C22H18FN3O5/c1-12-5-7-16-17(9-12)22(29)25(21(16)28)14-4-2-3-13(10-14)20(27)24-19-11-15(26(30)31)6-8-18(19)23/h2-6,8,10-11,16-17H,7,9H2,1H3,(H,24,27)/t16-,17+/m1/s1. The molecule has 2 aromatic rings. The van der Waals surface area contributed by atoms with Gasteiger partial charge in [-0.05, 0) is 44.0 Å². The molecule has 8 nitrogen and oxygen atoms in total. The van der Waals surface area contributed by atoms with Crippen LogP contribution in [0.2, 0.25) is 0 Å². The summed E-state index contributed by atoms with van der Waals surface area (Å²) in [5, 5.41) is 13.2. The molecule has 158 valence electrons. The molecule has 1 saturated heterocycles. The summed E-state index contributed by atoms with van der Waals surface area (Å²) < 4.78 is 14.0. The number of hydrogen-bond donors (Lipinski definition) is 1. The fraction of sp³-hybridized carbons (Fsp3) is 0.227. The molecule has 1 N–H and O–H groups in total. The Bertz CT molecular complexity index is 1160. The minimum Gasteiger partial charge on any atom is -0.319 e. The highest BCUT2D eigenvalue weighted by Crippen LogP contribution is 2.39. The smallest absolute Gasteiger partial charge is 0.271 e. The number of non-ortho nitro benzene ring substituents is 1. The van der Waals surface area contributed by atoms with Gasteiger partial charge in [-0.3, -0.25) is 29.4 Å². The van der Waals surface area contributed by atoms with E-state index < -0.39 is 28.5 Å². The van der Waals surface area contributed by atoms with Crippen LogP contribution in [-0.4, -0.2) is 22.6 Å². The Morgan fingerprint density at radius 2 is 1.90 bits per heavy atom. The number of rotatable bonds is 4. The molecule has 0 aromatic heterocycles. The fourth-order valence-corrected chi connectivity index (χ4v) is 4.00. The quantitative estimate of drug-likeness (QED) is 0.348. The van der Waals surface area contributed by atoms with Gasteiger partial charge in [0.15, 0.2) is 0 Å². The molecule has 2 aliphatic rings. The summed E-state index contributed by atoms with van der Waals surface area (Å²) >= 11 is 0. The number of benzene rings is 2. The summed E-state index contributed by atoms with van der Waals surface area (Å²) in [6.07, 6.45) is 3.00. The molecule has 0 unspecified atom stereocenters. The number of carbonyl (C=O) groups excluding carboxylic acids is 3. The molecule has 0 saturated carbocycles. The Labute approximate surface area is 176 Å². The van der Waals surface area contributed by atoms with E-state index in [2.05, 4.69) is 5.32 Å². The Morgan fingerprint density at radius 1 is 1.16 bits per heavy atom. The van der Waals surface area contributed by atoms with E-state index in [1.54, 1.807) is 6.07 Å². The Morgan fingerprint density at radius 3 is 2.65 bits per heavy atom. The summed E-state index contributed by atoms with van der Waals surface area (Å²) in [5.74, 6) is -2.98. The summed E-state index contributed by atoms with van der Waals surface area (Å²) in [5.41, 5.74) is 0.689. The second kappa shape index (κ2) is 7.75. The van der Waals surface area contributed by atoms with Crippen molar-refractivity contribution in [2.45, 2.75) is 19.8 Å². The SMILES string of the molecule is CC1=CC[C@H]2C(=O)N(c3cccc(C(=O)Nc4cc([N+](=O)[O-])ccc4F)c3)C(=O)[C@H]2C1. The molecule has 1 aliphatic heterocycles. The van der Waals surface area contributed by atoms with Crippen LogP contribution >= 0.6 is 0 Å². The minimum atomic E-state index is -0.827. The molecule has 1 heterocycles. The van der Waals surface area contributed by atoms with Crippen molar-refractivity contribution in [3.63, 3.8) is 0 Å². The van der Waals surface area contributed by atoms with Gasteiger partial charge in [0.05, 0.1) is 28.1 Å². The van der Waals surface area contributed by atoms with Gasteiger partial charge in [-0.15, -0.1) is 0 Å². The molecule has 0 radical (unpaired) electrons. The van der Waals surface area contributed by atoms with Crippen molar-refractivity contribution in [2.75, 3.05) is 10.2 Å². The molecule has 9 heteroatoms. The van der Waals surface area contributed by atoms with Crippen LogP contribution in [0.1, 0.15) is 30.1 Å². The van der Waals surface area contributed by atoms with Crippen LogP contribution in [-0.2, 0) is 9.59 Å². The zero-order chi connectivity index (χ0) is 22.3. The van der Waals surface area contributed by atoms with Gasteiger partial charge in [0.2, 0.25) is 11.8 Å². The van der Waals surface area contributed by atoms with Crippen LogP contribution in [0.4, 0.5) is 21.5 Å². The van der Waals surface area contributed by atoms with Crippen molar-refractivity contribution in [3.8, 4) is 0 Å². The van der Waals surface area contributed by atoms with Crippen LogP contribution in [0.15, 0.2) is 54.1 Å². The average Bonchev–Trinajstić information content (AvgIpc) is 2.99. The third-order valence-corrected chi connectivity index (χ3v) is 5.60. The Kier molecular flexibility index (Phi) is 5.10.